The molecule has 1 saturated heterocycles. The fourth-order valence-corrected chi connectivity index (χ4v) is 4.05. The molecule has 1 aromatic rings. The molecule has 0 unspecified atom stereocenters. The first kappa shape index (κ1) is 19.2. The number of phenols is 1. The highest BCUT2D eigenvalue weighted by molar-refractivity contribution is 8.01. The van der Waals surface area contributed by atoms with Gasteiger partial charge in [0.05, 0.1) is 5.37 Å². The summed E-state index contributed by atoms with van der Waals surface area (Å²) in [5.41, 5.74) is 6.37. The van der Waals surface area contributed by atoms with E-state index in [1.54, 1.807) is 13.8 Å². The number of carboxylic acids is 1. The fourth-order valence-electron chi connectivity index (χ4n) is 2.61. The lowest BCUT2D eigenvalue weighted by molar-refractivity contribution is -0.140. The maximum Gasteiger partial charge on any atom is 0.322 e. The molecule has 1 heterocycles. The van der Waals surface area contributed by atoms with Crippen LogP contribution in [-0.2, 0) is 14.4 Å². The number of rotatable bonds is 6. The molecule has 4 atom stereocenters. The van der Waals surface area contributed by atoms with E-state index in [4.69, 9.17) is 5.73 Å². The molecule has 25 heavy (non-hydrogen) atoms. The van der Waals surface area contributed by atoms with Crippen LogP contribution in [0.4, 0.5) is 0 Å². The quantitative estimate of drug-likeness (QED) is 0.441. The van der Waals surface area contributed by atoms with Crippen LogP contribution in [0.5, 0.6) is 5.75 Å². The van der Waals surface area contributed by atoms with Crippen molar-refractivity contribution in [3.05, 3.63) is 29.8 Å². The third kappa shape index (κ3) is 4.30. The van der Waals surface area contributed by atoms with E-state index in [1.807, 2.05) is 0 Å². The molecule has 136 valence electrons. The molecule has 2 rings (SSSR count). The minimum atomic E-state index is -1.02. The van der Waals surface area contributed by atoms with E-state index in [1.165, 1.54) is 36.0 Å². The molecule has 0 aliphatic carbocycles. The lowest BCUT2D eigenvalue weighted by Crippen LogP contribution is -2.52. The first-order chi connectivity index (χ1) is 11.7. The summed E-state index contributed by atoms with van der Waals surface area (Å²) >= 11 is 1.28. The van der Waals surface area contributed by atoms with Crippen molar-refractivity contribution in [2.45, 2.75) is 42.1 Å². The highest BCUT2D eigenvalue weighted by Crippen LogP contribution is 2.39. The number of nitrogens with one attached hydrogen (secondary N) is 2. The average Bonchev–Trinajstić information content (AvgIpc) is 2.87. The van der Waals surface area contributed by atoms with E-state index in [2.05, 4.69) is 10.6 Å². The second-order valence-electron chi connectivity index (χ2n) is 6.32. The zero-order chi connectivity index (χ0) is 18.8. The van der Waals surface area contributed by atoms with Gasteiger partial charge in [-0.3, -0.25) is 14.9 Å². The van der Waals surface area contributed by atoms with Crippen LogP contribution in [0.15, 0.2) is 24.3 Å². The number of carbonyl (C=O) groups is 3. The summed E-state index contributed by atoms with van der Waals surface area (Å²) in [7, 11) is 0. The number of aromatic hydroxyl groups is 1. The van der Waals surface area contributed by atoms with Crippen LogP contribution >= 0.6 is 11.8 Å². The maximum absolute atomic E-state index is 12.3. The molecule has 1 amide bonds. The number of benzene rings is 1. The Morgan fingerprint density at radius 2 is 1.96 bits per heavy atom. The molecule has 8 nitrogen and oxygen atoms in total. The van der Waals surface area contributed by atoms with E-state index in [0.29, 0.717) is 11.8 Å². The zero-order valence-corrected chi connectivity index (χ0v) is 14.6. The summed E-state index contributed by atoms with van der Waals surface area (Å²) in [4.78, 5) is 35.1. The molecular formula is C16H21N3O5S. The first-order valence-corrected chi connectivity index (χ1v) is 8.50. The van der Waals surface area contributed by atoms with Gasteiger partial charge in [-0.2, -0.15) is 0 Å². The van der Waals surface area contributed by atoms with Gasteiger partial charge in [0, 0.05) is 4.75 Å². The number of thioether (sulfide) groups is 1. The van der Waals surface area contributed by atoms with Gasteiger partial charge >= 0.3 is 5.97 Å². The number of phenolic OH excluding ortho intramolecular Hbond substituents is 1. The van der Waals surface area contributed by atoms with Crippen molar-refractivity contribution in [1.82, 2.24) is 10.6 Å². The first-order valence-electron chi connectivity index (χ1n) is 7.62. The van der Waals surface area contributed by atoms with Crippen LogP contribution in [-0.4, -0.2) is 50.6 Å². The Bertz CT molecular complexity index is 664. The average molecular weight is 367 g/mol. The Morgan fingerprint density at radius 3 is 2.44 bits per heavy atom. The van der Waals surface area contributed by atoms with E-state index >= 15 is 0 Å². The Hall–Kier alpha value is -2.10. The normalized spacial score (nSPS) is 24.3. The maximum atomic E-state index is 12.3. The Labute approximate surface area is 149 Å². The van der Waals surface area contributed by atoms with Crippen molar-refractivity contribution in [2.24, 2.45) is 5.73 Å². The van der Waals surface area contributed by atoms with Gasteiger partial charge in [0.1, 0.15) is 30.2 Å². The van der Waals surface area contributed by atoms with E-state index in [9.17, 15) is 24.6 Å². The van der Waals surface area contributed by atoms with Gasteiger partial charge in [-0.25, -0.2) is 0 Å². The molecule has 0 spiro atoms. The minimum Gasteiger partial charge on any atom is -0.508 e. The van der Waals surface area contributed by atoms with Gasteiger partial charge in [-0.05, 0) is 31.5 Å². The number of nitrogens with two attached hydrogens (primary N) is 1. The van der Waals surface area contributed by atoms with Crippen molar-refractivity contribution in [3.8, 4) is 5.75 Å². The van der Waals surface area contributed by atoms with Gasteiger partial charge < -0.3 is 26.1 Å². The smallest absolute Gasteiger partial charge is 0.322 e. The van der Waals surface area contributed by atoms with Gasteiger partial charge in [-0.15, -0.1) is 11.8 Å². The molecule has 0 saturated carbocycles. The largest absolute Gasteiger partial charge is 0.508 e. The molecule has 0 aromatic heterocycles. The molecule has 0 radical (unpaired) electrons. The van der Waals surface area contributed by atoms with Gasteiger partial charge in [0.25, 0.3) is 0 Å². The van der Waals surface area contributed by atoms with Crippen molar-refractivity contribution >= 4 is 29.9 Å². The van der Waals surface area contributed by atoms with Gasteiger partial charge in [-0.1, -0.05) is 12.1 Å². The third-order valence-corrected chi connectivity index (χ3v) is 5.55. The molecule has 1 aromatic carbocycles. The topological polar surface area (TPSA) is 142 Å². The van der Waals surface area contributed by atoms with Crippen LogP contribution in [0.2, 0.25) is 0 Å². The van der Waals surface area contributed by atoms with E-state index in [-0.39, 0.29) is 5.75 Å². The third-order valence-electron chi connectivity index (χ3n) is 4.02. The summed E-state index contributed by atoms with van der Waals surface area (Å²) < 4.78 is -0.637. The SMILES string of the molecule is CC1(C)S[C@@H]([C@H](C=O)NC(=O)[C@@H](N)c2ccc(O)cc2)N[C@H]1C(=O)O. The molecule has 1 aliphatic rings. The standard InChI is InChI=1S/C16H21N3O5S/c1-16(2)12(15(23)24)19-14(25-16)10(7-20)18-13(22)11(17)8-3-5-9(21)6-4-8/h3-7,10-12,14,19,21H,17H2,1-2H3,(H,18,22)(H,23,24)/t10-,11-,12-,14-/m0/s1. The highest BCUT2D eigenvalue weighted by Gasteiger charge is 2.47. The number of aliphatic carboxylic acids is 1. The summed E-state index contributed by atoms with van der Waals surface area (Å²) in [5.74, 6) is -1.53. The van der Waals surface area contributed by atoms with Crippen LogP contribution < -0.4 is 16.4 Å². The monoisotopic (exact) mass is 367 g/mol. The van der Waals surface area contributed by atoms with Crippen molar-refractivity contribution in [3.63, 3.8) is 0 Å². The number of hydrogen-bond acceptors (Lipinski definition) is 7. The second-order valence-corrected chi connectivity index (χ2v) is 8.12. The van der Waals surface area contributed by atoms with Crippen molar-refractivity contribution < 1.29 is 24.6 Å². The summed E-state index contributed by atoms with van der Waals surface area (Å²) in [6.07, 6.45) is 0.562. The Kier molecular flexibility index (Phi) is 5.71. The lowest BCUT2D eigenvalue weighted by atomic mass is 10.0. The predicted molar refractivity (Wildman–Crippen MR) is 93.0 cm³/mol. The second kappa shape index (κ2) is 7.42. The number of carboxylic acid groups (broad SMARTS) is 1. The predicted octanol–water partition coefficient (Wildman–Crippen LogP) is -0.0300. The summed E-state index contributed by atoms with van der Waals surface area (Å²) in [6, 6.07) is 3.07. The zero-order valence-electron chi connectivity index (χ0n) is 13.8. The Morgan fingerprint density at radius 1 is 1.36 bits per heavy atom. The summed E-state index contributed by atoms with van der Waals surface area (Å²) in [6.45, 7) is 3.52. The van der Waals surface area contributed by atoms with Crippen molar-refractivity contribution in [2.75, 3.05) is 0 Å². The molecule has 9 heteroatoms. The molecule has 1 fully saturated rings. The number of carbonyl (C=O) groups excluding carboxylic acids is 2. The summed E-state index contributed by atoms with van der Waals surface area (Å²) in [5, 5.41) is 23.4. The van der Waals surface area contributed by atoms with Crippen LogP contribution in [0.3, 0.4) is 0 Å². The number of amides is 1. The van der Waals surface area contributed by atoms with Crippen molar-refractivity contribution in [1.29, 1.82) is 0 Å². The molecule has 6 N–H and O–H groups in total. The number of hydrogen-bond donors (Lipinski definition) is 5. The van der Waals surface area contributed by atoms with Gasteiger partial charge in [0.2, 0.25) is 5.91 Å². The van der Waals surface area contributed by atoms with Crippen LogP contribution in [0.1, 0.15) is 25.5 Å². The number of aldehydes is 1. The Balaban J connectivity index is 2.06. The van der Waals surface area contributed by atoms with E-state index < -0.39 is 40.1 Å². The minimum absolute atomic E-state index is 0.0515. The molecule has 0 bridgehead atoms. The lowest BCUT2D eigenvalue weighted by Gasteiger charge is -2.22. The fraction of sp³-hybridized carbons (Fsp3) is 0.438. The van der Waals surface area contributed by atoms with Gasteiger partial charge in [0.15, 0.2) is 0 Å². The van der Waals surface area contributed by atoms with Crippen LogP contribution in [0, 0.1) is 0 Å². The van der Waals surface area contributed by atoms with E-state index in [0.717, 1.165) is 0 Å². The molecule has 1 aliphatic heterocycles. The highest BCUT2D eigenvalue weighted by atomic mass is 32.2. The molecular weight excluding hydrogens is 346 g/mol. The van der Waals surface area contributed by atoms with Crippen LogP contribution in [0.25, 0.3) is 0 Å².